The molecular weight excluding hydrogens is 374 g/mol. The summed E-state index contributed by atoms with van der Waals surface area (Å²) in [7, 11) is 0. The summed E-state index contributed by atoms with van der Waals surface area (Å²) in [6.45, 7) is 1.70. The van der Waals surface area contributed by atoms with Crippen LogP contribution in [0.1, 0.15) is 24.2 Å². The van der Waals surface area contributed by atoms with Crippen molar-refractivity contribution in [2.24, 2.45) is 0 Å². The van der Waals surface area contributed by atoms with Crippen molar-refractivity contribution >= 4 is 10.9 Å². The number of alkyl halides is 1. The molecule has 1 N–H and O–H groups in total. The summed E-state index contributed by atoms with van der Waals surface area (Å²) in [6, 6.07) is 18.2. The Bertz CT molecular complexity index is 1120. The van der Waals surface area contributed by atoms with E-state index in [9.17, 15) is 9.50 Å². The topological polar surface area (TPSA) is 47.3 Å². The van der Waals surface area contributed by atoms with Crippen LogP contribution in [0, 0.1) is 5.82 Å². The van der Waals surface area contributed by atoms with Gasteiger partial charge in [-0.1, -0.05) is 24.3 Å². The van der Waals surface area contributed by atoms with Crippen LogP contribution in [0.2, 0.25) is 0 Å². The molecule has 4 nitrogen and oxygen atoms in total. The van der Waals surface area contributed by atoms with Gasteiger partial charge in [-0.3, -0.25) is 0 Å². The van der Waals surface area contributed by atoms with Gasteiger partial charge in [0, 0.05) is 10.9 Å². The normalized spacial score (nSPS) is 13.4. The third kappa shape index (κ3) is 3.98. The molecule has 2 unspecified atom stereocenters. The molecule has 3 aromatic carbocycles. The molecule has 4 aromatic rings. The van der Waals surface area contributed by atoms with E-state index in [0.29, 0.717) is 16.9 Å². The highest BCUT2D eigenvalue weighted by molar-refractivity contribution is 5.81. The fourth-order valence-electron chi connectivity index (χ4n) is 3.21. The second-order valence-electron chi connectivity index (χ2n) is 6.91. The first kappa shape index (κ1) is 19.1. The molecule has 0 amide bonds. The zero-order chi connectivity index (χ0) is 20.4. The maximum atomic E-state index is 15.3. The number of nitrogens with zero attached hydrogens (tertiary/aromatic N) is 2. The van der Waals surface area contributed by atoms with Crippen molar-refractivity contribution in [3.05, 3.63) is 89.9 Å². The lowest BCUT2D eigenvalue weighted by Crippen LogP contribution is -2.14. The minimum atomic E-state index is -1.39. The monoisotopic (exact) mass is 394 g/mol. The van der Waals surface area contributed by atoms with Crippen molar-refractivity contribution in [2.45, 2.75) is 19.2 Å². The molecule has 1 heterocycles. The number of aliphatic hydroxyl groups is 1. The summed E-state index contributed by atoms with van der Waals surface area (Å²) in [5.41, 5.74) is 2.40. The third-order valence-corrected chi connectivity index (χ3v) is 4.63. The van der Waals surface area contributed by atoms with Crippen LogP contribution in [-0.2, 0) is 0 Å². The van der Waals surface area contributed by atoms with E-state index in [1.165, 1.54) is 12.1 Å². The Hall–Kier alpha value is -3.25. The maximum absolute atomic E-state index is 15.3. The van der Waals surface area contributed by atoms with Gasteiger partial charge in [0.1, 0.15) is 18.2 Å². The molecule has 0 aliphatic heterocycles. The lowest BCUT2D eigenvalue weighted by molar-refractivity contribution is 0.121. The van der Waals surface area contributed by atoms with Crippen molar-refractivity contribution in [3.8, 4) is 11.4 Å². The van der Waals surface area contributed by atoms with Gasteiger partial charge in [-0.15, -0.1) is 0 Å². The fraction of sp³-hybridized carbons (Fsp3) is 0.174. The lowest BCUT2D eigenvalue weighted by Gasteiger charge is -2.16. The highest BCUT2D eigenvalue weighted by atomic mass is 19.1. The van der Waals surface area contributed by atoms with Gasteiger partial charge in [-0.25, -0.2) is 13.5 Å². The summed E-state index contributed by atoms with van der Waals surface area (Å²) >= 11 is 0. The van der Waals surface area contributed by atoms with Crippen LogP contribution in [0.25, 0.3) is 16.6 Å². The molecule has 0 fully saturated rings. The first-order valence-corrected chi connectivity index (χ1v) is 9.30. The molecule has 0 spiro atoms. The standard InChI is InChI=1S/C23H20F2N2O2/c1-15(28)14-29-22-5-3-2-4-20(22)23(25)16-6-11-21-17(12-16)13-26-27(21)19-9-7-18(24)8-10-19/h2-13,15,23,28H,14H2,1H3. The van der Waals surface area contributed by atoms with E-state index < -0.39 is 12.3 Å². The molecule has 148 valence electrons. The lowest BCUT2D eigenvalue weighted by atomic mass is 10.0. The number of rotatable bonds is 6. The first-order valence-electron chi connectivity index (χ1n) is 9.30. The molecule has 0 bridgehead atoms. The van der Waals surface area contributed by atoms with Crippen LogP contribution in [0.15, 0.2) is 72.9 Å². The smallest absolute Gasteiger partial charge is 0.154 e. The highest BCUT2D eigenvalue weighted by Gasteiger charge is 2.19. The summed E-state index contributed by atoms with van der Waals surface area (Å²) in [4.78, 5) is 0. The van der Waals surface area contributed by atoms with Gasteiger partial charge in [-0.05, 0) is 55.0 Å². The van der Waals surface area contributed by atoms with E-state index in [4.69, 9.17) is 4.74 Å². The van der Waals surface area contributed by atoms with Gasteiger partial charge in [0.2, 0.25) is 0 Å². The van der Waals surface area contributed by atoms with E-state index in [0.717, 1.165) is 16.6 Å². The maximum Gasteiger partial charge on any atom is 0.154 e. The number of ether oxygens (including phenoxy) is 1. The van der Waals surface area contributed by atoms with E-state index in [1.807, 2.05) is 0 Å². The summed E-state index contributed by atoms with van der Waals surface area (Å²) < 4.78 is 35.8. The molecule has 2 atom stereocenters. The minimum absolute atomic E-state index is 0.0905. The SMILES string of the molecule is CC(O)COc1ccccc1C(F)c1ccc2c(cnn2-c2ccc(F)cc2)c1. The number of fused-ring (bicyclic) bond motifs is 1. The highest BCUT2D eigenvalue weighted by Crippen LogP contribution is 2.34. The summed E-state index contributed by atoms with van der Waals surface area (Å²) in [5.74, 6) is 0.0900. The Labute approximate surface area is 167 Å². The molecule has 6 heteroatoms. The number of benzene rings is 3. The summed E-state index contributed by atoms with van der Waals surface area (Å²) in [5, 5.41) is 14.6. The molecule has 0 saturated heterocycles. The Kier molecular flexibility index (Phi) is 5.27. The molecule has 29 heavy (non-hydrogen) atoms. The predicted octanol–water partition coefficient (Wildman–Crippen LogP) is 4.98. The van der Waals surface area contributed by atoms with E-state index in [-0.39, 0.29) is 12.4 Å². The molecule has 0 aliphatic carbocycles. The van der Waals surface area contributed by atoms with Gasteiger partial charge in [0.15, 0.2) is 6.17 Å². The van der Waals surface area contributed by atoms with Crippen molar-refractivity contribution in [2.75, 3.05) is 6.61 Å². The van der Waals surface area contributed by atoms with E-state index >= 15 is 4.39 Å². The minimum Gasteiger partial charge on any atom is -0.490 e. The average molecular weight is 394 g/mol. The second kappa shape index (κ2) is 8.01. The number of hydrogen-bond acceptors (Lipinski definition) is 3. The van der Waals surface area contributed by atoms with Crippen LogP contribution in [0.4, 0.5) is 8.78 Å². The van der Waals surface area contributed by atoms with Gasteiger partial charge in [0.25, 0.3) is 0 Å². The van der Waals surface area contributed by atoms with Gasteiger partial charge in [-0.2, -0.15) is 5.10 Å². The Morgan fingerprint density at radius 1 is 1.07 bits per heavy atom. The Morgan fingerprint density at radius 2 is 1.83 bits per heavy atom. The molecule has 0 aliphatic rings. The van der Waals surface area contributed by atoms with Crippen molar-refractivity contribution < 1.29 is 18.6 Å². The zero-order valence-electron chi connectivity index (χ0n) is 15.8. The average Bonchev–Trinajstić information content (AvgIpc) is 3.15. The largest absolute Gasteiger partial charge is 0.490 e. The van der Waals surface area contributed by atoms with Crippen molar-refractivity contribution in [1.29, 1.82) is 0 Å². The molecule has 4 rings (SSSR count). The number of aliphatic hydroxyl groups excluding tert-OH is 1. The predicted molar refractivity (Wildman–Crippen MR) is 108 cm³/mol. The van der Waals surface area contributed by atoms with Gasteiger partial charge >= 0.3 is 0 Å². The van der Waals surface area contributed by atoms with Crippen LogP contribution in [-0.4, -0.2) is 27.6 Å². The number of para-hydroxylation sites is 1. The zero-order valence-corrected chi connectivity index (χ0v) is 15.8. The summed E-state index contributed by atoms with van der Waals surface area (Å²) in [6.07, 6.45) is -0.376. The number of hydrogen-bond donors (Lipinski definition) is 1. The molecular formula is C23H20F2N2O2. The van der Waals surface area contributed by atoms with Crippen LogP contribution >= 0.6 is 0 Å². The van der Waals surface area contributed by atoms with Crippen molar-refractivity contribution in [1.82, 2.24) is 9.78 Å². The quantitative estimate of drug-likeness (QED) is 0.502. The van der Waals surface area contributed by atoms with E-state index in [2.05, 4.69) is 5.10 Å². The van der Waals surface area contributed by atoms with Crippen LogP contribution in [0.5, 0.6) is 5.75 Å². The number of aromatic nitrogens is 2. The third-order valence-electron chi connectivity index (χ3n) is 4.63. The second-order valence-corrected chi connectivity index (χ2v) is 6.91. The van der Waals surface area contributed by atoms with E-state index in [1.54, 1.807) is 72.4 Å². The molecule has 0 radical (unpaired) electrons. The fourth-order valence-corrected chi connectivity index (χ4v) is 3.21. The van der Waals surface area contributed by atoms with Crippen LogP contribution in [0.3, 0.4) is 0 Å². The number of halogens is 2. The van der Waals surface area contributed by atoms with Gasteiger partial charge < -0.3 is 9.84 Å². The van der Waals surface area contributed by atoms with Crippen molar-refractivity contribution in [3.63, 3.8) is 0 Å². The van der Waals surface area contributed by atoms with Crippen LogP contribution < -0.4 is 4.74 Å². The van der Waals surface area contributed by atoms with Gasteiger partial charge in [0.05, 0.1) is 23.5 Å². The Balaban J connectivity index is 1.66. The molecule has 0 saturated carbocycles. The molecule has 1 aromatic heterocycles. The Morgan fingerprint density at radius 3 is 2.59 bits per heavy atom. The first-order chi connectivity index (χ1) is 14.0.